The molecule has 2 aromatic rings. The molecule has 2 aromatic carbocycles. The van der Waals surface area contributed by atoms with E-state index in [1.54, 1.807) is 0 Å². The molecule has 2 fully saturated rings. The number of hydrogen-bond donors (Lipinski definition) is 0. The fourth-order valence-corrected chi connectivity index (χ4v) is 3.29. The van der Waals surface area contributed by atoms with Gasteiger partial charge in [-0.25, -0.2) is 0 Å². The van der Waals surface area contributed by atoms with E-state index in [1.165, 1.54) is 11.1 Å². The van der Waals surface area contributed by atoms with Gasteiger partial charge in [-0.2, -0.15) is 0 Å². The van der Waals surface area contributed by atoms with Crippen LogP contribution >= 0.6 is 0 Å². The summed E-state index contributed by atoms with van der Waals surface area (Å²) in [6.07, 6.45) is 2.87. The van der Waals surface area contributed by atoms with Gasteiger partial charge in [0.15, 0.2) is 0 Å². The molecule has 0 spiro atoms. The first-order valence-electron chi connectivity index (χ1n) is 8.35. The summed E-state index contributed by atoms with van der Waals surface area (Å²) in [5.74, 6) is 0. The summed E-state index contributed by atoms with van der Waals surface area (Å²) in [5.41, 5.74) is 2.42. The van der Waals surface area contributed by atoms with Crippen molar-refractivity contribution in [1.82, 2.24) is 0 Å². The average Bonchev–Trinajstić information content (AvgIpc) is 3.39. The summed E-state index contributed by atoms with van der Waals surface area (Å²) < 4.78 is 17.9. The second kappa shape index (κ2) is 6.83. The molecule has 4 rings (SSSR count). The van der Waals surface area contributed by atoms with E-state index in [0.717, 1.165) is 12.8 Å². The van der Waals surface area contributed by atoms with Gasteiger partial charge in [0.05, 0.1) is 31.5 Å². The minimum Gasteiger partial charge on any atom is -0.373 e. The largest absolute Gasteiger partial charge is 0.373 e. The first-order valence-corrected chi connectivity index (χ1v) is 8.35. The molecule has 0 N–H and O–H groups in total. The number of fused-ring (bicyclic) bond motifs is 1. The number of rotatable bonds is 6. The molecule has 1 heterocycles. The average molecular weight is 310 g/mol. The van der Waals surface area contributed by atoms with Crippen LogP contribution in [0, 0.1) is 0 Å². The van der Waals surface area contributed by atoms with Crippen LogP contribution < -0.4 is 0 Å². The molecule has 1 saturated heterocycles. The smallest absolute Gasteiger partial charge is 0.110 e. The van der Waals surface area contributed by atoms with Crippen LogP contribution in [0.4, 0.5) is 0 Å². The monoisotopic (exact) mass is 310 g/mol. The van der Waals surface area contributed by atoms with Crippen LogP contribution in [-0.4, -0.2) is 24.4 Å². The van der Waals surface area contributed by atoms with Crippen molar-refractivity contribution in [1.29, 1.82) is 0 Å². The number of hydrogen-bond acceptors (Lipinski definition) is 3. The van der Waals surface area contributed by atoms with Crippen molar-refractivity contribution in [3.63, 3.8) is 0 Å². The third-order valence-electron chi connectivity index (χ3n) is 4.61. The predicted molar refractivity (Wildman–Crippen MR) is 87.9 cm³/mol. The lowest BCUT2D eigenvalue weighted by Crippen LogP contribution is -2.34. The van der Waals surface area contributed by atoms with E-state index >= 15 is 0 Å². The lowest BCUT2D eigenvalue weighted by atomic mass is 9.94. The van der Waals surface area contributed by atoms with Gasteiger partial charge < -0.3 is 14.2 Å². The number of ether oxygens (including phenoxy) is 3. The molecule has 3 heteroatoms. The van der Waals surface area contributed by atoms with Gasteiger partial charge in [0.2, 0.25) is 0 Å². The highest BCUT2D eigenvalue weighted by Gasteiger charge is 2.51. The number of epoxide rings is 1. The number of benzene rings is 2. The molecule has 0 radical (unpaired) electrons. The normalized spacial score (nSPS) is 29.0. The Morgan fingerprint density at radius 3 is 2.04 bits per heavy atom. The lowest BCUT2D eigenvalue weighted by molar-refractivity contribution is -0.0470. The molecular weight excluding hydrogens is 288 g/mol. The Balaban J connectivity index is 1.29. The Hall–Kier alpha value is -1.68. The summed E-state index contributed by atoms with van der Waals surface area (Å²) in [4.78, 5) is 0. The first kappa shape index (κ1) is 14.9. The quantitative estimate of drug-likeness (QED) is 0.762. The Morgan fingerprint density at radius 1 is 0.783 bits per heavy atom. The molecular formula is C20H22O3. The van der Waals surface area contributed by atoms with Gasteiger partial charge in [-0.3, -0.25) is 0 Å². The maximum atomic E-state index is 6.10. The van der Waals surface area contributed by atoms with Crippen LogP contribution in [0.5, 0.6) is 0 Å². The predicted octanol–water partition coefficient (Wildman–Crippen LogP) is 3.72. The first-order chi connectivity index (χ1) is 11.4. The maximum absolute atomic E-state index is 6.10. The van der Waals surface area contributed by atoms with Gasteiger partial charge in [0, 0.05) is 12.8 Å². The highest BCUT2D eigenvalue weighted by atomic mass is 16.6. The van der Waals surface area contributed by atoms with Crippen LogP contribution in [0.1, 0.15) is 24.0 Å². The van der Waals surface area contributed by atoms with E-state index in [1.807, 2.05) is 36.4 Å². The van der Waals surface area contributed by atoms with Gasteiger partial charge in [0.25, 0.3) is 0 Å². The van der Waals surface area contributed by atoms with Gasteiger partial charge in [-0.15, -0.1) is 0 Å². The molecule has 0 aromatic heterocycles. The van der Waals surface area contributed by atoms with Gasteiger partial charge in [0.1, 0.15) is 6.10 Å². The Bertz CT molecular complexity index is 613. The third kappa shape index (κ3) is 3.81. The standard InChI is InChI=1S/C20H22O3/c1-3-7-15(8-4-1)13-21-17-11-18(20-19(12-17)23-20)22-14-16-9-5-2-6-10-16/h1-10,17-20H,11-14H2/t17-,18-,19+,20+/m1/s1. The van der Waals surface area contributed by atoms with Crippen LogP contribution in [0.3, 0.4) is 0 Å². The molecule has 0 unspecified atom stereocenters. The van der Waals surface area contributed by atoms with E-state index in [4.69, 9.17) is 14.2 Å². The maximum Gasteiger partial charge on any atom is 0.110 e. The van der Waals surface area contributed by atoms with Crippen molar-refractivity contribution in [2.24, 2.45) is 0 Å². The minimum absolute atomic E-state index is 0.148. The molecule has 0 amide bonds. The molecule has 1 aliphatic heterocycles. The molecule has 1 aliphatic carbocycles. The molecule has 23 heavy (non-hydrogen) atoms. The SMILES string of the molecule is c1ccc(CO[C@H]2C[C@@H]3O[C@H]3[C@H](OCc3ccccc3)C2)cc1. The highest BCUT2D eigenvalue weighted by Crippen LogP contribution is 2.40. The van der Waals surface area contributed by atoms with Crippen molar-refractivity contribution >= 4 is 0 Å². The van der Waals surface area contributed by atoms with Crippen LogP contribution in [0.25, 0.3) is 0 Å². The second-order valence-corrected chi connectivity index (χ2v) is 6.36. The van der Waals surface area contributed by atoms with Crippen LogP contribution in [-0.2, 0) is 27.4 Å². The van der Waals surface area contributed by atoms with Crippen molar-refractivity contribution in [2.45, 2.75) is 50.5 Å². The lowest BCUT2D eigenvalue weighted by Gasteiger charge is -2.26. The van der Waals surface area contributed by atoms with E-state index in [9.17, 15) is 0 Å². The fraction of sp³-hybridized carbons (Fsp3) is 0.400. The summed E-state index contributed by atoms with van der Waals surface area (Å²) in [6, 6.07) is 20.6. The van der Waals surface area contributed by atoms with E-state index in [-0.39, 0.29) is 18.3 Å². The van der Waals surface area contributed by atoms with Crippen molar-refractivity contribution in [3.8, 4) is 0 Å². The van der Waals surface area contributed by atoms with Crippen molar-refractivity contribution in [2.75, 3.05) is 0 Å². The summed E-state index contributed by atoms with van der Waals surface area (Å²) in [5, 5.41) is 0. The zero-order chi connectivity index (χ0) is 15.5. The molecule has 4 atom stereocenters. The Morgan fingerprint density at radius 2 is 1.39 bits per heavy atom. The van der Waals surface area contributed by atoms with Gasteiger partial charge in [-0.1, -0.05) is 60.7 Å². The van der Waals surface area contributed by atoms with Crippen molar-refractivity contribution < 1.29 is 14.2 Å². The van der Waals surface area contributed by atoms with Crippen LogP contribution in [0.15, 0.2) is 60.7 Å². The molecule has 1 saturated carbocycles. The Labute approximate surface area is 137 Å². The fourth-order valence-electron chi connectivity index (χ4n) is 3.29. The van der Waals surface area contributed by atoms with E-state index in [0.29, 0.717) is 19.3 Å². The molecule has 120 valence electrons. The van der Waals surface area contributed by atoms with Gasteiger partial charge >= 0.3 is 0 Å². The summed E-state index contributed by atoms with van der Waals surface area (Å²) in [7, 11) is 0. The summed E-state index contributed by atoms with van der Waals surface area (Å²) >= 11 is 0. The minimum atomic E-state index is 0.148. The van der Waals surface area contributed by atoms with Crippen LogP contribution in [0.2, 0.25) is 0 Å². The highest BCUT2D eigenvalue weighted by molar-refractivity contribution is 5.14. The molecule has 0 bridgehead atoms. The topological polar surface area (TPSA) is 31.0 Å². The zero-order valence-electron chi connectivity index (χ0n) is 13.1. The zero-order valence-corrected chi connectivity index (χ0v) is 13.1. The van der Waals surface area contributed by atoms with E-state index in [2.05, 4.69) is 24.3 Å². The molecule has 3 nitrogen and oxygen atoms in total. The molecule has 2 aliphatic rings. The third-order valence-corrected chi connectivity index (χ3v) is 4.61. The van der Waals surface area contributed by atoms with Crippen molar-refractivity contribution in [3.05, 3.63) is 71.8 Å². The second-order valence-electron chi connectivity index (χ2n) is 6.36. The Kier molecular flexibility index (Phi) is 4.42. The van der Waals surface area contributed by atoms with Gasteiger partial charge in [-0.05, 0) is 11.1 Å². The van der Waals surface area contributed by atoms with E-state index < -0.39 is 0 Å². The summed E-state index contributed by atoms with van der Waals surface area (Å²) in [6.45, 7) is 1.30.